The van der Waals surface area contributed by atoms with Gasteiger partial charge in [-0.25, -0.2) is 0 Å². The van der Waals surface area contributed by atoms with Crippen molar-refractivity contribution in [2.45, 2.75) is 38.3 Å². The number of hydrogen-bond donors (Lipinski definition) is 2. The molecular formula is C12H21N3S. The minimum atomic E-state index is 0.0757. The van der Waals surface area contributed by atoms with Gasteiger partial charge in [0, 0.05) is 5.54 Å². The number of likely N-dealkylation sites (tertiary alicyclic amines) is 1. The molecule has 1 aliphatic heterocycles. The third-order valence-corrected chi connectivity index (χ3v) is 4.37. The van der Waals surface area contributed by atoms with Gasteiger partial charge in [0.25, 0.3) is 0 Å². The van der Waals surface area contributed by atoms with Crippen molar-refractivity contribution in [2.75, 3.05) is 13.1 Å². The fraction of sp³-hybridized carbons (Fsp3) is 0.667. The van der Waals surface area contributed by atoms with Crippen LogP contribution in [0.2, 0.25) is 0 Å². The molecule has 16 heavy (non-hydrogen) atoms. The van der Waals surface area contributed by atoms with E-state index in [1.54, 1.807) is 11.3 Å². The number of nitrogens with one attached hydrogen (secondary N) is 1. The fourth-order valence-electron chi connectivity index (χ4n) is 2.62. The third kappa shape index (κ3) is 2.15. The predicted molar refractivity (Wildman–Crippen MR) is 69.3 cm³/mol. The Hall–Kier alpha value is -0.420. The molecule has 0 bridgehead atoms. The highest BCUT2D eigenvalue weighted by Gasteiger charge is 2.37. The van der Waals surface area contributed by atoms with Crippen molar-refractivity contribution < 1.29 is 0 Å². The van der Waals surface area contributed by atoms with Crippen LogP contribution >= 0.6 is 11.3 Å². The maximum Gasteiger partial charge on any atom is 0.0646 e. The molecule has 2 rings (SSSR count). The van der Waals surface area contributed by atoms with Gasteiger partial charge in [0.05, 0.1) is 6.04 Å². The molecule has 1 aromatic heterocycles. The Kier molecular flexibility index (Phi) is 3.64. The van der Waals surface area contributed by atoms with Gasteiger partial charge in [-0.1, -0.05) is 0 Å². The van der Waals surface area contributed by atoms with Crippen LogP contribution in [0, 0.1) is 0 Å². The number of thiophene rings is 1. The molecule has 3 nitrogen and oxygen atoms in total. The number of rotatable bonds is 4. The highest BCUT2D eigenvalue weighted by Crippen LogP contribution is 2.33. The predicted octanol–water partition coefficient (Wildman–Crippen LogP) is 2.13. The molecule has 1 atom stereocenters. The first-order valence-corrected chi connectivity index (χ1v) is 6.84. The Labute approximate surface area is 102 Å². The number of nitrogens with two attached hydrogens (primary N) is 1. The quantitative estimate of drug-likeness (QED) is 0.625. The van der Waals surface area contributed by atoms with E-state index in [2.05, 4.69) is 41.0 Å². The lowest BCUT2D eigenvalue weighted by Crippen LogP contribution is -2.53. The van der Waals surface area contributed by atoms with E-state index in [0.29, 0.717) is 0 Å². The minimum Gasteiger partial charge on any atom is -0.296 e. The maximum absolute atomic E-state index is 5.75. The Morgan fingerprint density at radius 3 is 2.62 bits per heavy atom. The molecule has 0 aromatic carbocycles. The molecule has 0 saturated carbocycles. The van der Waals surface area contributed by atoms with Crippen LogP contribution in [0.5, 0.6) is 0 Å². The van der Waals surface area contributed by atoms with E-state index in [4.69, 9.17) is 5.84 Å². The van der Waals surface area contributed by atoms with Gasteiger partial charge in [0.15, 0.2) is 0 Å². The summed E-state index contributed by atoms with van der Waals surface area (Å²) in [6.07, 6.45) is 2.62. The second kappa shape index (κ2) is 4.84. The molecule has 0 amide bonds. The van der Waals surface area contributed by atoms with Gasteiger partial charge < -0.3 is 0 Å². The topological polar surface area (TPSA) is 41.3 Å². The zero-order chi connectivity index (χ0) is 11.6. The lowest BCUT2D eigenvalue weighted by atomic mass is 9.89. The fourth-order valence-corrected chi connectivity index (χ4v) is 3.31. The van der Waals surface area contributed by atoms with Gasteiger partial charge in [-0.2, -0.15) is 11.3 Å². The van der Waals surface area contributed by atoms with Crippen molar-refractivity contribution in [3.05, 3.63) is 22.4 Å². The van der Waals surface area contributed by atoms with Crippen LogP contribution in [-0.2, 0) is 0 Å². The zero-order valence-electron chi connectivity index (χ0n) is 10.1. The van der Waals surface area contributed by atoms with Crippen molar-refractivity contribution in [1.82, 2.24) is 10.3 Å². The molecule has 1 saturated heterocycles. The first kappa shape index (κ1) is 12.0. The molecular weight excluding hydrogens is 218 g/mol. The summed E-state index contributed by atoms with van der Waals surface area (Å²) in [4.78, 5) is 2.54. The summed E-state index contributed by atoms with van der Waals surface area (Å²) in [5.74, 6) is 5.75. The van der Waals surface area contributed by atoms with E-state index in [9.17, 15) is 0 Å². The first-order valence-electron chi connectivity index (χ1n) is 5.89. The zero-order valence-corrected chi connectivity index (χ0v) is 10.9. The van der Waals surface area contributed by atoms with E-state index < -0.39 is 0 Å². The van der Waals surface area contributed by atoms with Crippen LogP contribution in [0.25, 0.3) is 0 Å². The molecule has 0 aliphatic carbocycles. The average Bonchev–Trinajstić information content (AvgIpc) is 2.91. The molecule has 3 N–H and O–H groups in total. The average molecular weight is 239 g/mol. The van der Waals surface area contributed by atoms with Crippen LogP contribution < -0.4 is 11.3 Å². The van der Waals surface area contributed by atoms with Crippen molar-refractivity contribution >= 4 is 11.3 Å². The van der Waals surface area contributed by atoms with Gasteiger partial charge in [-0.05, 0) is 62.2 Å². The smallest absolute Gasteiger partial charge is 0.0646 e. The standard InChI is InChI=1S/C12H21N3S/c1-12(2,15-6-3-4-7-15)11(14-13)10-5-8-16-9-10/h5,8-9,11,14H,3-4,6-7,13H2,1-2H3. The van der Waals surface area contributed by atoms with Crippen LogP contribution in [0.1, 0.15) is 38.3 Å². The summed E-state index contributed by atoms with van der Waals surface area (Å²) in [6.45, 7) is 6.94. The highest BCUT2D eigenvalue weighted by atomic mass is 32.1. The summed E-state index contributed by atoms with van der Waals surface area (Å²) in [5, 5.41) is 4.29. The summed E-state index contributed by atoms with van der Waals surface area (Å²) >= 11 is 1.73. The monoisotopic (exact) mass is 239 g/mol. The van der Waals surface area contributed by atoms with Crippen LogP contribution in [0.4, 0.5) is 0 Å². The second-order valence-electron chi connectivity index (χ2n) is 5.00. The summed E-state index contributed by atoms with van der Waals surface area (Å²) in [6, 6.07) is 2.37. The van der Waals surface area contributed by atoms with Crippen LogP contribution in [-0.4, -0.2) is 23.5 Å². The Bertz CT molecular complexity index is 315. The normalized spacial score (nSPS) is 20.2. The van der Waals surface area contributed by atoms with Gasteiger partial charge in [-0.15, -0.1) is 0 Å². The largest absolute Gasteiger partial charge is 0.296 e. The number of hydrazine groups is 1. The lowest BCUT2D eigenvalue weighted by molar-refractivity contribution is 0.107. The number of nitrogens with zero attached hydrogens (tertiary/aromatic N) is 1. The lowest BCUT2D eigenvalue weighted by Gasteiger charge is -2.41. The molecule has 1 aromatic rings. The summed E-state index contributed by atoms with van der Waals surface area (Å²) < 4.78 is 0. The molecule has 1 unspecified atom stereocenters. The van der Waals surface area contributed by atoms with E-state index in [0.717, 1.165) is 0 Å². The minimum absolute atomic E-state index is 0.0757. The van der Waals surface area contributed by atoms with Crippen LogP contribution in [0.3, 0.4) is 0 Å². The summed E-state index contributed by atoms with van der Waals surface area (Å²) in [5.41, 5.74) is 4.36. The first-order chi connectivity index (χ1) is 7.66. The van der Waals surface area contributed by atoms with Crippen LogP contribution in [0.15, 0.2) is 16.8 Å². The second-order valence-corrected chi connectivity index (χ2v) is 5.78. The van der Waals surface area contributed by atoms with Crippen molar-refractivity contribution in [3.8, 4) is 0 Å². The van der Waals surface area contributed by atoms with Gasteiger partial charge >= 0.3 is 0 Å². The Morgan fingerprint density at radius 2 is 2.12 bits per heavy atom. The van der Waals surface area contributed by atoms with E-state index in [1.807, 2.05) is 0 Å². The molecule has 1 aliphatic rings. The number of hydrogen-bond acceptors (Lipinski definition) is 4. The molecule has 90 valence electrons. The maximum atomic E-state index is 5.75. The van der Waals surface area contributed by atoms with Crippen molar-refractivity contribution in [2.24, 2.45) is 5.84 Å². The highest BCUT2D eigenvalue weighted by molar-refractivity contribution is 7.07. The Balaban J connectivity index is 2.19. The van der Waals surface area contributed by atoms with Gasteiger partial charge in [0.1, 0.15) is 0 Å². The van der Waals surface area contributed by atoms with Crippen molar-refractivity contribution in [3.63, 3.8) is 0 Å². The van der Waals surface area contributed by atoms with E-state index in [1.165, 1.54) is 31.5 Å². The Morgan fingerprint density at radius 1 is 1.44 bits per heavy atom. The van der Waals surface area contributed by atoms with Gasteiger partial charge in [0.2, 0.25) is 0 Å². The molecule has 0 radical (unpaired) electrons. The van der Waals surface area contributed by atoms with E-state index in [-0.39, 0.29) is 11.6 Å². The van der Waals surface area contributed by atoms with E-state index >= 15 is 0 Å². The van der Waals surface area contributed by atoms with Crippen molar-refractivity contribution in [1.29, 1.82) is 0 Å². The van der Waals surface area contributed by atoms with Gasteiger partial charge in [-0.3, -0.25) is 16.2 Å². The molecule has 1 fully saturated rings. The SMILES string of the molecule is CC(C)(C(NN)c1ccsc1)N1CCCC1. The molecule has 2 heterocycles. The summed E-state index contributed by atoms with van der Waals surface area (Å²) in [7, 11) is 0. The molecule has 4 heteroatoms. The molecule has 0 spiro atoms. The third-order valence-electron chi connectivity index (χ3n) is 3.67.